The van der Waals surface area contributed by atoms with Gasteiger partial charge in [0.05, 0.1) is 12.2 Å². The molecule has 68 heavy (non-hydrogen) atoms. The number of aliphatic hydroxyl groups excluding tert-OH is 4. The summed E-state index contributed by atoms with van der Waals surface area (Å²) in [6, 6.07) is 0. The maximum absolute atomic E-state index is 14.7. The highest BCUT2D eigenvalue weighted by Crippen LogP contribution is 2.71. The number of carbonyl (C=O) groups is 4. The Kier molecular flexibility index (Phi) is 15.0. The van der Waals surface area contributed by atoms with Gasteiger partial charge in [0.25, 0.3) is 11.8 Å². The molecule has 1 amide bonds. The average Bonchev–Trinajstić information content (AvgIpc) is 3.77. The second-order valence-electron chi connectivity index (χ2n) is 24.9. The van der Waals surface area contributed by atoms with Crippen LogP contribution in [0.4, 0.5) is 17.6 Å². The molecule has 7 N–H and O–H groups in total. The van der Waals surface area contributed by atoms with Gasteiger partial charge >= 0.3 is 17.9 Å². The molecule has 0 spiro atoms. The Bertz CT molecular complexity index is 1870. The molecule has 0 radical (unpaired) electrons. The van der Waals surface area contributed by atoms with Gasteiger partial charge in [-0.25, -0.2) is 17.6 Å². The Morgan fingerprint density at radius 2 is 0.897 bits per heavy atom. The van der Waals surface area contributed by atoms with Crippen LogP contribution in [0.1, 0.15) is 157 Å². The van der Waals surface area contributed by atoms with Crippen LogP contribution in [-0.4, -0.2) is 114 Å². The fraction of sp³-hybridized carbons (Fsp3) is 0.923. The van der Waals surface area contributed by atoms with Crippen LogP contribution in [0.5, 0.6) is 0 Å². The molecule has 16 heteroatoms. The van der Waals surface area contributed by atoms with Gasteiger partial charge in [-0.15, -0.1) is 0 Å². The number of rotatable bonds is 12. The molecular formula is C52H81F4NO11. The van der Waals surface area contributed by atoms with Crippen molar-refractivity contribution in [2.24, 2.45) is 92.7 Å². The van der Waals surface area contributed by atoms with Crippen LogP contribution in [0.3, 0.4) is 0 Å². The fourth-order valence-electron chi connectivity index (χ4n) is 18.2. The van der Waals surface area contributed by atoms with E-state index in [2.05, 4.69) is 27.7 Å². The molecule has 8 aliphatic carbocycles. The Balaban J connectivity index is 0.000000207. The van der Waals surface area contributed by atoms with Crippen LogP contribution >= 0.6 is 0 Å². The second-order valence-corrected chi connectivity index (χ2v) is 24.9. The van der Waals surface area contributed by atoms with E-state index in [0.29, 0.717) is 43.4 Å². The number of aliphatic carboxylic acids is 3. The van der Waals surface area contributed by atoms with Gasteiger partial charge in [-0.3, -0.25) is 19.2 Å². The van der Waals surface area contributed by atoms with Crippen molar-refractivity contribution in [1.82, 2.24) is 4.90 Å². The van der Waals surface area contributed by atoms with Crippen LogP contribution in [0.2, 0.25) is 0 Å². The normalized spacial score (nSPS) is 46.1. The first-order chi connectivity index (χ1) is 31.5. The van der Waals surface area contributed by atoms with Crippen LogP contribution < -0.4 is 0 Å². The first-order valence-corrected chi connectivity index (χ1v) is 25.9. The van der Waals surface area contributed by atoms with Crippen LogP contribution in [0, 0.1) is 92.7 Å². The molecule has 8 aliphatic rings. The summed E-state index contributed by atoms with van der Waals surface area (Å²) >= 11 is 0. The standard InChI is InChI=1S/C28H43F2NO7.C24H38F2O4/c1-15(4-7-22(34)31(12-23(35)36)13-24(37)38)17-5-6-18-25-19(8-9-26(17,18)2)27(3)14-28(29,30)21(33)11-16(27)10-20(25)32;1-13(4-7-20(29)30)15-5-6-16-21-17(8-9-22(15,16)2)23(3)12-24(25,26)19(28)11-14(23)10-18(21)27/h15-21,25,32-33H,4-14H2,1-3H3,(H,35,36)(H,37,38);13-19,21,27-28H,4-12H2,1-3H3,(H,29,30)/t15-,16-,17-,18?,19?,20+,21-,25?,26-,27+;13-,14-,15-,16?,17?,18+,19-,21?,22-,23+/m11/s1. The average molecular weight is 972 g/mol. The molecule has 388 valence electrons. The van der Waals surface area contributed by atoms with Gasteiger partial charge in [0.1, 0.15) is 25.3 Å². The third-order valence-corrected chi connectivity index (χ3v) is 21.5. The van der Waals surface area contributed by atoms with Crippen molar-refractivity contribution in [2.75, 3.05) is 13.1 Å². The Morgan fingerprint density at radius 3 is 1.26 bits per heavy atom. The van der Waals surface area contributed by atoms with Crippen LogP contribution in [-0.2, 0) is 19.2 Å². The Morgan fingerprint density at radius 1 is 0.529 bits per heavy atom. The summed E-state index contributed by atoms with van der Waals surface area (Å²) in [6.45, 7) is 11.4. The lowest BCUT2D eigenvalue weighted by molar-refractivity contribution is -0.236. The van der Waals surface area contributed by atoms with E-state index < -0.39 is 84.0 Å². The predicted molar refractivity (Wildman–Crippen MR) is 242 cm³/mol. The zero-order valence-electron chi connectivity index (χ0n) is 41.1. The molecule has 0 bridgehead atoms. The minimum Gasteiger partial charge on any atom is -0.481 e. The summed E-state index contributed by atoms with van der Waals surface area (Å²) in [4.78, 5) is 46.7. The summed E-state index contributed by atoms with van der Waals surface area (Å²) in [6.07, 6.45) is 4.78. The van der Waals surface area contributed by atoms with Crippen LogP contribution in [0.15, 0.2) is 0 Å². The Hall–Kier alpha value is -2.56. The zero-order chi connectivity index (χ0) is 50.3. The van der Waals surface area contributed by atoms with E-state index in [1.165, 1.54) is 0 Å². The largest absolute Gasteiger partial charge is 0.481 e. The van der Waals surface area contributed by atoms with Crippen molar-refractivity contribution in [3.8, 4) is 0 Å². The summed E-state index contributed by atoms with van der Waals surface area (Å²) in [7, 11) is 0. The number of hydrogen-bond acceptors (Lipinski definition) is 8. The maximum atomic E-state index is 14.7. The van der Waals surface area contributed by atoms with Crippen molar-refractivity contribution in [3.63, 3.8) is 0 Å². The highest BCUT2D eigenvalue weighted by molar-refractivity contribution is 5.85. The Labute approximate surface area is 399 Å². The number of alkyl halides is 4. The highest BCUT2D eigenvalue weighted by atomic mass is 19.3. The topological polar surface area (TPSA) is 213 Å². The maximum Gasteiger partial charge on any atom is 0.323 e. The van der Waals surface area contributed by atoms with Crippen molar-refractivity contribution in [3.05, 3.63) is 0 Å². The molecule has 12 nitrogen and oxygen atoms in total. The first-order valence-electron chi connectivity index (χ1n) is 25.9. The molecule has 0 aromatic rings. The molecule has 0 heterocycles. The predicted octanol–water partition coefficient (Wildman–Crippen LogP) is 8.36. The molecule has 0 aromatic heterocycles. The lowest BCUT2D eigenvalue weighted by Crippen LogP contribution is -2.62. The minimum absolute atomic E-state index is 0.0241. The van der Waals surface area contributed by atoms with Crippen molar-refractivity contribution in [2.45, 2.75) is 193 Å². The van der Waals surface area contributed by atoms with Crippen molar-refractivity contribution >= 4 is 23.8 Å². The van der Waals surface area contributed by atoms with Gasteiger partial charge in [0.2, 0.25) is 5.91 Å². The lowest BCUT2D eigenvalue weighted by atomic mass is 9.43. The van der Waals surface area contributed by atoms with Gasteiger partial charge in [-0.05, 0) is 183 Å². The van der Waals surface area contributed by atoms with E-state index in [1.54, 1.807) is 0 Å². The lowest BCUT2D eigenvalue weighted by Gasteiger charge is -2.63. The number of halogens is 4. The van der Waals surface area contributed by atoms with Gasteiger partial charge < -0.3 is 40.6 Å². The van der Waals surface area contributed by atoms with E-state index >= 15 is 0 Å². The molecule has 6 unspecified atom stereocenters. The number of nitrogens with zero attached hydrogens (tertiary/aromatic N) is 1. The molecular weight excluding hydrogens is 891 g/mol. The van der Waals surface area contributed by atoms with Crippen molar-refractivity contribution < 1.29 is 72.5 Å². The monoisotopic (exact) mass is 972 g/mol. The van der Waals surface area contributed by atoms with Crippen LogP contribution in [0.25, 0.3) is 0 Å². The number of carbonyl (C=O) groups excluding carboxylic acids is 1. The quantitative estimate of drug-likeness (QED) is 0.0924. The van der Waals surface area contributed by atoms with Gasteiger partial charge in [-0.1, -0.05) is 41.5 Å². The van der Waals surface area contributed by atoms with E-state index in [9.17, 15) is 57.2 Å². The number of hydrogen-bond donors (Lipinski definition) is 7. The summed E-state index contributed by atoms with van der Waals surface area (Å²) in [5.41, 5.74) is -1.23. The summed E-state index contributed by atoms with van der Waals surface area (Å²) in [5, 5.41) is 69.7. The molecule has 0 saturated heterocycles. The molecule has 0 aliphatic heterocycles. The first kappa shape index (κ1) is 53.2. The van der Waals surface area contributed by atoms with Gasteiger partial charge in [-0.2, -0.15) is 0 Å². The molecule has 20 atom stereocenters. The van der Waals surface area contributed by atoms with E-state index in [-0.39, 0.29) is 103 Å². The van der Waals surface area contributed by atoms with E-state index in [4.69, 9.17) is 15.3 Å². The molecule has 8 rings (SSSR count). The molecule has 8 saturated carbocycles. The summed E-state index contributed by atoms with van der Waals surface area (Å²) in [5.74, 6) is -8.50. The zero-order valence-corrected chi connectivity index (χ0v) is 41.1. The number of carboxylic acid groups (broad SMARTS) is 3. The molecule has 0 aromatic carbocycles. The number of aliphatic hydroxyl groups is 4. The second kappa shape index (κ2) is 19.1. The highest BCUT2D eigenvalue weighted by Gasteiger charge is 2.68. The fourth-order valence-corrected chi connectivity index (χ4v) is 18.2. The van der Waals surface area contributed by atoms with Gasteiger partial charge in [0.15, 0.2) is 0 Å². The van der Waals surface area contributed by atoms with E-state index in [0.717, 1.165) is 56.3 Å². The SMILES string of the molecule is C[C@H](CCC(=O)N(CC(=O)O)CC(=O)O)[C@H]1CCC2C3C(CC[C@@]21C)[C@@]1(C)CC(F)(F)[C@H](O)C[C@H]1C[C@@H]3O.C[C@H](CCC(=O)O)[C@H]1CCC2C3C(CC[C@@]21C)[C@@]1(C)CC(F)(F)[C@H](O)C[C@H]1C[C@@H]3O. The van der Waals surface area contributed by atoms with Gasteiger partial charge in [0, 0.05) is 25.7 Å². The minimum atomic E-state index is -3.12. The van der Waals surface area contributed by atoms with E-state index in [1.807, 2.05) is 13.8 Å². The number of amides is 1. The third kappa shape index (κ3) is 9.49. The summed E-state index contributed by atoms with van der Waals surface area (Å²) < 4.78 is 58.6. The third-order valence-electron chi connectivity index (χ3n) is 21.5. The molecule has 8 fully saturated rings. The van der Waals surface area contributed by atoms with Crippen molar-refractivity contribution in [1.29, 1.82) is 0 Å². The number of fused-ring (bicyclic) bond motifs is 10. The smallest absolute Gasteiger partial charge is 0.323 e. The number of carboxylic acids is 3.